The van der Waals surface area contributed by atoms with E-state index in [0.717, 1.165) is 10.9 Å². The molecule has 0 amide bonds. The minimum absolute atomic E-state index is 0.0850. The molecule has 0 aliphatic heterocycles. The van der Waals surface area contributed by atoms with Crippen LogP contribution in [0.15, 0.2) is 60.7 Å². The Labute approximate surface area is 132 Å². The molecule has 0 spiro atoms. The third kappa shape index (κ3) is 4.54. The summed E-state index contributed by atoms with van der Waals surface area (Å²) >= 11 is 0. The monoisotopic (exact) mass is 317 g/mol. The number of hydrogen-bond donors (Lipinski definition) is 2. The van der Waals surface area contributed by atoms with Gasteiger partial charge in [0, 0.05) is 24.1 Å². The van der Waals surface area contributed by atoms with Crippen LogP contribution >= 0.6 is 7.14 Å². The lowest BCUT2D eigenvalue weighted by molar-refractivity contribution is 0.137. The second-order valence-corrected chi connectivity index (χ2v) is 8.92. The minimum Gasteiger partial charge on any atom is -0.387 e. The largest absolute Gasteiger partial charge is 0.387 e. The Hall–Kier alpha value is -1.41. The third-order valence-corrected chi connectivity index (χ3v) is 6.39. The van der Waals surface area contributed by atoms with Crippen LogP contribution in [-0.2, 0) is 4.57 Å². The first-order chi connectivity index (χ1) is 10.5. The Morgan fingerprint density at radius 1 is 1.05 bits per heavy atom. The van der Waals surface area contributed by atoms with Crippen LogP contribution in [0.4, 0.5) is 0 Å². The number of nitrogens with one attached hydrogen (secondary N) is 1. The molecule has 0 bridgehead atoms. The van der Waals surface area contributed by atoms with Crippen molar-refractivity contribution in [2.45, 2.75) is 19.1 Å². The molecule has 0 heterocycles. The van der Waals surface area contributed by atoms with Gasteiger partial charge < -0.3 is 15.0 Å². The Morgan fingerprint density at radius 3 is 2.18 bits per heavy atom. The van der Waals surface area contributed by atoms with Crippen molar-refractivity contribution >= 4 is 12.4 Å². The summed E-state index contributed by atoms with van der Waals surface area (Å²) in [5.41, 5.74) is 0.894. The van der Waals surface area contributed by atoms with Gasteiger partial charge in [0.15, 0.2) is 0 Å². The molecule has 0 aliphatic rings. The van der Waals surface area contributed by atoms with Crippen molar-refractivity contribution in [3.63, 3.8) is 0 Å². The van der Waals surface area contributed by atoms with Crippen LogP contribution in [0.5, 0.6) is 0 Å². The summed E-state index contributed by atoms with van der Waals surface area (Å²) in [4.78, 5) is 0. The van der Waals surface area contributed by atoms with E-state index < -0.39 is 13.2 Å². The maximum Gasteiger partial charge on any atom is 0.113 e. The molecule has 2 rings (SSSR count). The zero-order valence-electron chi connectivity index (χ0n) is 13.1. The molecule has 3 nitrogen and oxygen atoms in total. The summed E-state index contributed by atoms with van der Waals surface area (Å²) in [6.07, 6.45) is 0.0252. The minimum atomic E-state index is -2.35. The highest BCUT2D eigenvalue weighted by molar-refractivity contribution is 7.70. The van der Waals surface area contributed by atoms with Gasteiger partial charge in [-0.2, -0.15) is 0 Å². The van der Waals surface area contributed by atoms with E-state index in [4.69, 9.17) is 0 Å². The summed E-state index contributed by atoms with van der Waals surface area (Å²) in [7, 11) is -2.35. The highest BCUT2D eigenvalue weighted by Crippen LogP contribution is 2.38. The number of aliphatic hydroxyl groups excluding tert-OH is 1. The SMILES string of the molecule is C[C@H](NCC[P@](C)(=O)c1ccccc1)[C@H](O)c1ccccc1. The van der Waals surface area contributed by atoms with Crippen molar-refractivity contribution in [2.24, 2.45) is 0 Å². The molecule has 118 valence electrons. The highest BCUT2D eigenvalue weighted by Gasteiger charge is 2.20. The number of rotatable bonds is 7. The second-order valence-electron chi connectivity index (χ2n) is 5.76. The lowest BCUT2D eigenvalue weighted by Crippen LogP contribution is -2.34. The van der Waals surface area contributed by atoms with Crippen LogP contribution in [0.3, 0.4) is 0 Å². The fourth-order valence-corrected chi connectivity index (χ4v) is 4.05. The first-order valence-corrected chi connectivity index (χ1v) is 9.93. The lowest BCUT2D eigenvalue weighted by Gasteiger charge is -2.22. The quantitative estimate of drug-likeness (QED) is 0.772. The molecule has 0 saturated heterocycles. The molecule has 4 heteroatoms. The topological polar surface area (TPSA) is 49.3 Å². The maximum absolute atomic E-state index is 12.7. The van der Waals surface area contributed by atoms with E-state index in [1.165, 1.54) is 0 Å². The Balaban J connectivity index is 1.87. The Kier molecular flexibility index (Phi) is 5.96. The summed E-state index contributed by atoms with van der Waals surface area (Å²) < 4.78 is 12.7. The molecule has 0 aliphatic carbocycles. The fourth-order valence-electron chi connectivity index (χ4n) is 2.43. The van der Waals surface area contributed by atoms with Crippen LogP contribution in [0, 0.1) is 0 Å². The van der Waals surface area contributed by atoms with Crippen LogP contribution in [0.2, 0.25) is 0 Å². The van der Waals surface area contributed by atoms with Crippen LogP contribution < -0.4 is 10.6 Å². The van der Waals surface area contributed by atoms with Gasteiger partial charge in [-0.25, -0.2) is 0 Å². The van der Waals surface area contributed by atoms with E-state index in [-0.39, 0.29) is 6.04 Å². The van der Waals surface area contributed by atoms with Gasteiger partial charge in [-0.15, -0.1) is 0 Å². The van der Waals surface area contributed by atoms with Gasteiger partial charge >= 0.3 is 0 Å². The van der Waals surface area contributed by atoms with Gasteiger partial charge in [0.1, 0.15) is 7.14 Å². The third-order valence-electron chi connectivity index (χ3n) is 3.92. The van der Waals surface area contributed by atoms with Gasteiger partial charge in [-0.1, -0.05) is 60.7 Å². The molecule has 2 N–H and O–H groups in total. The number of benzene rings is 2. The second kappa shape index (κ2) is 7.73. The average Bonchev–Trinajstić information content (AvgIpc) is 2.55. The summed E-state index contributed by atoms with van der Waals surface area (Å²) in [6.45, 7) is 4.39. The van der Waals surface area contributed by atoms with Crippen LogP contribution in [0.25, 0.3) is 0 Å². The van der Waals surface area contributed by atoms with Crippen LogP contribution in [-0.4, -0.2) is 30.5 Å². The highest BCUT2D eigenvalue weighted by atomic mass is 31.2. The number of aliphatic hydroxyl groups is 1. The van der Waals surface area contributed by atoms with E-state index in [9.17, 15) is 9.67 Å². The molecule has 3 atom stereocenters. The van der Waals surface area contributed by atoms with Gasteiger partial charge in [0.25, 0.3) is 0 Å². The Bertz CT molecular complexity index is 615. The predicted molar refractivity (Wildman–Crippen MR) is 93.3 cm³/mol. The molecular formula is C18H24NO2P. The van der Waals surface area contributed by atoms with E-state index >= 15 is 0 Å². The smallest absolute Gasteiger partial charge is 0.113 e. The van der Waals surface area contributed by atoms with Gasteiger partial charge in [-0.3, -0.25) is 0 Å². The standard InChI is InChI=1S/C18H24NO2P/c1-15(18(20)16-9-5-3-6-10-16)19-13-14-22(2,21)17-11-7-4-8-12-17/h3-12,15,18-20H,13-14H2,1-2H3/t15-,18-,22-/m0/s1. The number of hydrogen-bond acceptors (Lipinski definition) is 3. The molecule has 2 aromatic rings. The van der Waals surface area contributed by atoms with Crippen molar-refractivity contribution in [3.8, 4) is 0 Å². The normalized spacial score (nSPS) is 16.7. The molecule has 0 aromatic heterocycles. The van der Waals surface area contributed by atoms with Crippen molar-refractivity contribution in [1.29, 1.82) is 0 Å². The maximum atomic E-state index is 12.7. The van der Waals surface area contributed by atoms with Crippen LogP contribution in [0.1, 0.15) is 18.6 Å². The van der Waals surface area contributed by atoms with E-state index in [0.29, 0.717) is 12.7 Å². The zero-order valence-corrected chi connectivity index (χ0v) is 14.0. The first kappa shape index (κ1) is 17.0. The Morgan fingerprint density at radius 2 is 1.59 bits per heavy atom. The zero-order chi connectivity index (χ0) is 16.0. The summed E-state index contributed by atoms with van der Waals surface area (Å²) in [5, 5.41) is 14.5. The fraction of sp³-hybridized carbons (Fsp3) is 0.333. The van der Waals surface area contributed by atoms with Gasteiger partial charge in [-0.05, 0) is 19.2 Å². The average molecular weight is 317 g/mol. The molecule has 0 radical (unpaired) electrons. The van der Waals surface area contributed by atoms with E-state index in [1.807, 2.05) is 74.3 Å². The first-order valence-electron chi connectivity index (χ1n) is 7.59. The molecule has 22 heavy (non-hydrogen) atoms. The summed E-state index contributed by atoms with van der Waals surface area (Å²) in [6, 6.07) is 19.1. The predicted octanol–water partition coefficient (Wildman–Crippen LogP) is 3.02. The van der Waals surface area contributed by atoms with Crippen molar-refractivity contribution in [3.05, 3.63) is 66.2 Å². The molecule has 0 fully saturated rings. The van der Waals surface area contributed by atoms with Crippen molar-refractivity contribution < 1.29 is 9.67 Å². The van der Waals surface area contributed by atoms with Gasteiger partial charge in [0.2, 0.25) is 0 Å². The summed E-state index contributed by atoms with van der Waals surface area (Å²) in [5.74, 6) is 0. The van der Waals surface area contributed by atoms with E-state index in [1.54, 1.807) is 0 Å². The van der Waals surface area contributed by atoms with E-state index in [2.05, 4.69) is 5.32 Å². The van der Waals surface area contributed by atoms with Crippen molar-refractivity contribution in [1.82, 2.24) is 5.32 Å². The molecule has 0 unspecified atom stereocenters. The van der Waals surface area contributed by atoms with Gasteiger partial charge in [0.05, 0.1) is 6.10 Å². The lowest BCUT2D eigenvalue weighted by atomic mass is 10.0. The molecule has 0 saturated carbocycles. The molecule has 2 aromatic carbocycles. The molecular weight excluding hydrogens is 293 g/mol. The van der Waals surface area contributed by atoms with Crippen molar-refractivity contribution in [2.75, 3.05) is 19.4 Å².